The third kappa shape index (κ3) is 3.56. The van der Waals surface area contributed by atoms with E-state index in [9.17, 15) is 4.79 Å². The number of carbonyl (C=O) groups is 1. The third-order valence-corrected chi connectivity index (χ3v) is 2.51. The van der Waals surface area contributed by atoms with Gasteiger partial charge in [0.25, 0.3) is 0 Å². The molecule has 0 aliphatic rings. The lowest BCUT2D eigenvalue weighted by molar-refractivity contribution is -0.127. The van der Waals surface area contributed by atoms with Crippen LogP contribution in [0.5, 0.6) is 0 Å². The number of aliphatic imine (C=N–C) groups is 1. The summed E-state index contributed by atoms with van der Waals surface area (Å²) in [6, 6.07) is 6.36. The van der Waals surface area contributed by atoms with Crippen molar-refractivity contribution in [2.24, 2.45) is 27.6 Å². The van der Waals surface area contributed by atoms with Crippen molar-refractivity contribution in [2.75, 3.05) is 0 Å². The van der Waals surface area contributed by atoms with Crippen molar-refractivity contribution >= 4 is 17.4 Å². The zero-order chi connectivity index (χ0) is 13.9. The number of ketones is 1. The molecular formula is C13H20N4O. The lowest BCUT2D eigenvalue weighted by Crippen LogP contribution is -2.32. The van der Waals surface area contributed by atoms with Crippen molar-refractivity contribution in [3.8, 4) is 0 Å². The summed E-state index contributed by atoms with van der Waals surface area (Å²) in [5, 5.41) is 0. The Morgan fingerprint density at radius 3 is 2.39 bits per heavy atom. The van der Waals surface area contributed by atoms with E-state index in [1.807, 2.05) is 20.8 Å². The molecule has 0 heterocycles. The number of nitrogens with zero attached hydrogens (tertiary/aromatic N) is 1. The van der Waals surface area contributed by atoms with Crippen molar-refractivity contribution in [3.05, 3.63) is 29.8 Å². The molecule has 1 unspecified atom stereocenters. The van der Waals surface area contributed by atoms with Gasteiger partial charge in [0.2, 0.25) is 0 Å². The van der Waals surface area contributed by atoms with Gasteiger partial charge in [-0.2, -0.15) is 0 Å². The first-order valence-corrected chi connectivity index (χ1v) is 5.71. The molecule has 0 fully saturated rings. The van der Waals surface area contributed by atoms with Gasteiger partial charge in [-0.3, -0.25) is 4.79 Å². The fourth-order valence-corrected chi connectivity index (χ4v) is 1.55. The molecule has 1 aromatic carbocycles. The minimum Gasteiger partial charge on any atom is -0.370 e. The van der Waals surface area contributed by atoms with Crippen molar-refractivity contribution in [1.29, 1.82) is 0 Å². The maximum absolute atomic E-state index is 12.1. The number of rotatable bonds is 3. The summed E-state index contributed by atoms with van der Waals surface area (Å²) in [5.41, 5.74) is 17.4. The van der Waals surface area contributed by atoms with E-state index in [0.29, 0.717) is 11.3 Å². The first kappa shape index (κ1) is 14.2. The molecule has 0 aliphatic heterocycles. The Bertz CT molecular complexity index is 470. The first-order chi connectivity index (χ1) is 8.21. The molecule has 1 atom stereocenters. The number of benzene rings is 1. The molecular weight excluding hydrogens is 228 g/mol. The van der Waals surface area contributed by atoms with Crippen LogP contribution in [0.1, 0.15) is 32.4 Å². The Morgan fingerprint density at radius 1 is 1.28 bits per heavy atom. The summed E-state index contributed by atoms with van der Waals surface area (Å²) >= 11 is 0. The van der Waals surface area contributed by atoms with Gasteiger partial charge in [-0.1, -0.05) is 32.9 Å². The third-order valence-electron chi connectivity index (χ3n) is 2.51. The Balaban J connectivity index is 3.04. The van der Waals surface area contributed by atoms with E-state index < -0.39 is 11.5 Å². The van der Waals surface area contributed by atoms with Crippen molar-refractivity contribution in [3.63, 3.8) is 0 Å². The molecule has 1 rings (SSSR count). The normalized spacial score (nSPS) is 12.9. The molecule has 0 aliphatic carbocycles. The van der Waals surface area contributed by atoms with Gasteiger partial charge in [0.05, 0.1) is 11.7 Å². The Labute approximate surface area is 107 Å². The Hall–Kier alpha value is -1.88. The van der Waals surface area contributed by atoms with Gasteiger partial charge in [0.15, 0.2) is 11.7 Å². The molecule has 18 heavy (non-hydrogen) atoms. The molecule has 0 spiro atoms. The predicted molar refractivity (Wildman–Crippen MR) is 73.3 cm³/mol. The number of guanidine groups is 1. The van der Waals surface area contributed by atoms with E-state index in [1.54, 1.807) is 24.3 Å². The van der Waals surface area contributed by atoms with Crippen LogP contribution < -0.4 is 17.2 Å². The molecule has 0 saturated heterocycles. The van der Waals surface area contributed by atoms with E-state index >= 15 is 0 Å². The Kier molecular flexibility index (Phi) is 4.08. The van der Waals surface area contributed by atoms with Crippen molar-refractivity contribution in [2.45, 2.75) is 26.8 Å². The Morgan fingerprint density at radius 2 is 1.89 bits per heavy atom. The molecule has 0 radical (unpaired) electrons. The smallest absolute Gasteiger partial charge is 0.191 e. The second kappa shape index (κ2) is 5.18. The zero-order valence-electron chi connectivity index (χ0n) is 11.0. The van der Waals surface area contributed by atoms with Crippen LogP contribution in [0.25, 0.3) is 0 Å². The molecule has 5 heteroatoms. The van der Waals surface area contributed by atoms with Crippen LogP contribution in [0.4, 0.5) is 5.69 Å². The lowest BCUT2D eigenvalue weighted by atomic mass is 9.84. The molecule has 0 saturated carbocycles. The topological polar surface area (TPSA) is 107 Å². The summed E-state index contributed by atoms with van der Waals surface area (Å²) < 4.78 is 0. The number of hydrogen-bond acceptors (Lipinski definition) is 3. The fraction of sp³-hybridized carbons (Fsp3) is 0.385. The van der Waals surface area contributed by atoms with Crippen molar-refractivity contribution < 1.29 is 4.79 Å². The minimum absolute atomic E-state index is 0.0237. The van der Waals surface area contributed by atoms with Crippen LogP contribution in [0, 0.1) is 5.41 Å². The zero-order valence-corrected chi connectivity index (χ0v) is 11.0. The highest BCUT2D eigenvalue weighted by molar-refractivity contribution is 5.89. The highest BCUT2D eigenvalue weighted by Crippen LogP contribution is 2.26. The SMILES string of the molecule is CC(C)(C)C(=O)C(N)c1cccc(N=C(N)N)c1. The number of carbonyl (C=O) groups excluding carboxylic acids is 1. The van der Waals surface area contributed by atoms with Gasteiger partial charge in [-0.25, -0.2) is 4.99 Å². The standard InChI is InChI=1S/C13H20N4O/c1-13(2,3)11(18)10(14)8-5-4-6-9(7-8)17-12(15)16/h4-7,10H,14H2,1-3H3,(H4,15,16,17). The molecule has 5 nitrogen and oxygen atoms in total. The van der Waals surface area contributed by atoms with Crippen molar-refractivity contribution in [1.82, 2.24) is 0 Å². The molecule has 98 valence electrons. The van der Waals surface area contributed by atoms with Gasteiger partial charge in [-0.05, 0) is 17.7 Å². The first-order valence-electron chi connectivity index (χ1n) is 5.71. The average molecular weight is 248 g/mol. The van der Waals surface area contributed by atoms with Crippen LogP contribution in [0.15, 0.2) is 29.3 Å². The van der Waals surface area contributed by atoms with Crippen LogP contribution in [0.2, 0.25) is 0 Å². The second-order valence-corrected chi connectivity index (χ2v) is 5.22. The van der Waals surface area contributed by atoms with E-state index in [-0.39, 0.29) is 11.7 Å². The van der Waals surface area contributed by atoms with Gasteiger partial charge < -0.3 is 17.2 Å². The van der Waals surface area contributed by atoms with E-state index in [4.69, 9.17) is 17.2 Å². The summed E-state index contributed by atoms with van der Waals surface area (Å²) in [6.45, 7) is 5.53. The number of nitrogens with two attached hydrogens (primary N) is 3. The fourth-order valence-electron chi connectivity index (χ4n) is 1.55. The van der Waals surface area contributed by atoms with E-state index in [2.05, 4.69) is 4.99 Å². The summed E-state index contributed by atoms with van der Waals surface area (Å²) in [7, 11) is 0. The molecule has 0 bridgehead atoms. The minimum atomic E-state index is -0.667. The maximum atomic E-state index is 12.1. The van der Waals surface area contributed by atoms with E-state index in [1.165, 1.54) is 0 Å². The molecule has 6 N–H and O–H groups in total. The van der Waals surface area contributed by atoms with Gasteiger partial charge in [0.1, 0.15) is 0 Å². The summed E-state index contributed by atoms with van der Waals surface area (Å²) in [5.74, 6) is -0.0489. The van der Waals surface area contributed by atoms with Crippen LogP contribution in [-0.2, 0) is 4.79 Å². The maximum Gasteiger partial charge on any atom is 0.191 e. The predicted octanol–water partition coefficient (Wildman–Crippen LogP) is 1.21. The van der Waals surface area contributed by atoms with Gasteiger partial charge in [-0.15, -0.1) is 0 Å². The van der Waals surface area contributed by atoms with Crippen LogP contribution in [-0.4, -0.2) is 11.7 Å². The summed E-state index contributed by atoms with van der Waals surface area (Å²) in [4.78, 5) is 16.0. The number of hydrogen-bond donors (Lipinski definition) is 3. The quantitative estimate of drug-likeness (QED) is 0.552. The van der Waals surface area contributed by atoms with Gasteiger partial charge >= 0.3 is 0 Å². The highest BCUT2D eigenvalue weighted by atomic mass is 16.1. The second-order valence-electron chi connectivity index (χ2n) is 5.22. The molecule has 0 aromatic heterocycles. The molecule has 1 aromatic rings. The largest absolute Gasteiger partial charge is 0.370 e. The number of Topliss-reactive ketones (excluding diaryl/α,β-unsaturated/α-hetero) is 1. The summed E-state index contributed by atoms with van der Waals surface area (Å²) in [6.07, 6.45) is 0. The highest BCUT2D eigenvalue weighted by Gasteiger charge is 2.28. The average Bonchev–Trinajstić information content (AvgIpc) is 2.25. The molecule has 0 amide bonds. The lowest BCUT2D eigenvalue weighted by Gasteiger charge is -2.22. The van der Waals surface area contributed by atoms with Crippen LogP contribution >= 0.6 is 0 Å². The van der Waals surface area contributed by atoms with Gasteiger partial charge in [0, 0.05) is 5.41 Å². The monoisotopic (exact) mass is 248 g/mol. The van der Waals surface area contributed by atoms with Crippen LogP contribution in [0.3, 0.4) is 0 Å². The van der Waals surface area contributed by atoms with E-state index in [0.717, 1.165) is 0 Å².